The van der Waals surface area contributed by atoms with Crippen molar-refractivity contribution in [3.05, 3.63) is 58.7 Å². The minimum atomic E-state index is -0.989. The van der Waals surface area contributed by atoms with Gasteiger partial charge >= 0.3 is 12.1 Å². The van der Waals surface area contributed by atoms with E-state index in [-0.39, 0.29) is 24.4 Å². The number of piperidine rings is 2. The molecule has 3 fully saturated rings. The molecule has 0 radical (unpaired) electrons. The first kappa shape index (κ1) is 34.7. The Kier molecular flexibility index (Phi) is 11.0. The quantitative estimate of drug-likeness (QED) is 0.422. The van der Waals surface area contributed by atoms with Gasteiger partial charge in [0, 0.05) is 83.1 Å². The number of ether oxygens (including phenoxy) is 2. The molecule has 0 unspecified atom stereocenters. The van der Waals surface area contributed by atoms with Gasteiger partial charge in [-0.25, -0.2) is 9.59 Å². The van der Waals surface area contributed by atoms with Crippen molar-refractivity contribution in [1.82, 2.24) is 24.5 Å². The molecule has 2 aromatic rings. The summed E-state index contributed by atoms with van der Waals surface area (Å²) in [5, 5.41) is 3.05. The van der Waals surface area contributed by atoms with Gasteiger partial charge in [0.25, 0.3) is 12.4 Å². The van der Waals surface area contributed by atoms with E-state index in [2.05, 4.69) is 22.2 Å². The predicted molar refractivity (Wildman–Crippen MR) is 186 cm³/mol. The Hall–Kier alpha value is -4.16. The fraction of sp³-hybridized carbons (Fsp3) is 0.568. The van der Waals surface area contributed by atoms with Crippen molar-refractivity contribution in [2.24, 2.45) is 0 Å². The van der Waals surface area contributed by atoms with E-state index in [1.165, 1.54) is 0 Å². The number of piperazine rings is 1. The summed E-state index contributed by atoms with van der Waals surface area (Å²) in [5.74, 6) is 0.318. The van der Waals surface area contributed by atoms with Gasteiger partial charge in [-0.05, 0) is 81.3 Å². The van der Waals surface area contributed by atoms with Gasteiger partial charge in [-0.1, -0.05) is 30.3 Å². The number of nitrogens with one attached hydrogen (secondary N) is 1. The molecular formula is C37H50N6O6. The molecule has 1 N–H and O–H groups in total. The topological polar surface area (TPSA) is 115 Å². The highest BCUT2D eigenvalue weighted by atomic mass is 16.6. The normalized spacial score (nSPS) is 20.6. The van der Waals surface area contributed by atoms with Crippen LogP contribution in [0.3, 0.4) is 0 Å². The van der Waals surface area contributed by atoms with Crippen LogP contribution in [0.1, 0.15) is 47.9 Å². The second-order valence-electron chi connectivity index (χ2n) is 14.0. The third-order valence-corrected chi connectivity index (χ3v) is 10.8. The van der Waals surface area contributed by atoms with E-state index in [0.717, 1.165) is 73.4 Å². The van der Waals surface area contributed by atoms with Gasteiger partial charge < -0.3 is 34.4 Å². The van der Waals surface area contributed by atoms with Crippen molar-refractivity contribution < 1.29 is 28.7 Å². The number of hydrogen-bond donors (Lipinski definition) is 1. The number of aryl methyl sites for hydroxylation is 2. The molecule has 0 bridgehead atoms. The lowest BCUT2D eigenvalue weighted by Gasteiger charge is -2.42. The number of carbonyl (C=O) groups excluding carboxylic acids is 4. The number of carbonyl (C=O) groups is 4. The van der Waals surface area contributed by atoms with Crippen LogP contribution in [0, 0.1) is 13.8 Å². The number of rotatable bonds is 8. The van der Waals surface area contributed by atoms with Crippen molar-refractivity contribution in [2.75, 3.05) is 71.3 Å². The maximum Gasteiger partial charge on any atom is 0.410 e. The van der Waals surface area contributed by atoms with E-state index in [1.807, 2.05) is 60.0 Å². The predicted octanol–water partition coefficient (Wildman–Crippen LogP) is 3.68. The van der Waals surface area contributed by atoms with Crippen LogP contribution in [0.5, 0.6) is 5.75 Å². The highest BCUT2D eigenvalue weighted by Crippen LogP contribution is 2.28. The fourth-order valence-electron chi connectivity index (χ4n) is 7.92. The third-order valence-electron chi connectivity index (χ3n) is 10.8. The van der Waals surface area contributed by atoms with Crippen LogP contribution in [0.25, 0.3) is 0 Å². The lowest BCUT2D eigenvalue weighted by atomic mass is 9.98. The van der Waals surface area contributed by atoms with Gasteiger partial charge in [-0.3, -0.25) is 14.5 Å². The van der Waals surface area contributed by atoms with Gasteiger partial charge in [0.05, 0.1) is 0 Å². The summed E-state index contributed by atoms with van der Waals surface area (Å²) >= 11 is 0. The molecule has 4 heterocycles. The molecule has 12 heteroatoms. The van der Waals surface area contributed by atoms with Crippen molar-refractivity contribution in [3.8, 4) is 5.75 Å². The maximum absolute atomic E-state index is 14.1. The van der Waals surface area contributed by atoms with E-state index in [0.29, 0.717) is 63.8 Å². The first-order chi connectivity index (χ1) is 23.7. The molecule has 49 heavy (non-hydrogen) atoms. The van der Waals surface area contributed by atoms with Gasteiger partial charge in [0.15, 0.2) is 6.10 Å². The number of para-hydroxylation sites is 1. The molecular weight excluding hydrogens is 624 g/mol. The van der Waals surface area contributed by atoms with E-state index < -0.39 is 12.2 Å². The summed E-state index contributed by atoms with van der Waals surface area (Å²) in [6, 6.07) is 12.0. The molecule has 0 aliphatic carbocycles. The number of amides is 4. The average molecular weight is 675 g/mol. The standard InChI is InChI=1S/C37H50N6O6/c1-26-22-28(23-27(2)34(26)48-25-44)24-33(35(45)41-13-9-30(10-14-41)40-20-18-39(3)19-21-40)49-37(47)42-15-11-31(12-16-42)43-17-8-29-6-4-5-7-32(29)38-36(43)46/h4-7,22-23,25,30-31,33H,8-21,24H2,1-3H3,(H,38,46)/t33-/m1/s1. The summed E-state index contributed by atoms with van der Waals surface area (Å²) in [6.07, 6.45) is 2.56. The summed E-state index contributed by atoms with van der Waals surface area (Å²) in [5.41, 5.74) is 4.35. The molecule has 0 spiro atoms. The van der Waals surface area contributed by atoms with Crippen LogP contribution in [0.4, 0.5) is 15.3 Å². The first-order valence-electron chi connectivity index (χ1n) is 17.7. The van der Waals surface area contributed by atoms with Crippen LogP contribution in [-0.2, 0) is 27.2 Å². The van der Waals surface area contributed by atoms with Crippen LogP contribution in [0.15, 0.2) is 36.4 Å². The zero-order valence-corrected chi connectivity index (χ0v) is 29.1. The maximum atomic E-state index is 14.1. The number of likely N-dealkylation sites (tertiary alicyclic amines) is 2. The number of fused-ring (bicyclic) bond motifs is 1. The number of anilines is 1. The van der Waals surface area contributed by atoms with E-state index in [1.54, 1.807) is 4.90 Å². The van der Waals surface area contributed by atoms with Crippen LogP contribution >= 0.6 is 0 Å². The number of benzene rings is 2. The molecule has 4 aliphatic heterocycles. The fourth-order valence-corrected chi connectivity index (χ4v) is 7.92. The van der Waals surface area contributed by atoms with Crippen LogP contribution in [-0.4, -0.2) is 133 Å². The summed E-state index contributed by atoms with van der Waals surface area (Å²) in [4.78, 5) is 62.2. The second-order valence-corrected chi connectivity index (χ2v) is 14.0. The van der Waals surface area contributed by atoms with E-state index in [9.17, 15) is 19.2 Å². The molecule has 3 saturated heterocycles. The molecule has 4 aliphatic rings. The van der Waals surface area contributed by atoms with E-state index >= 15 is 0 Å². The summed E-state index contributed by atoms with van der Waals surface area (Å²) in [6.45, 7) is 11.1. The molecule has 0 aromatic heterocycles. The van der Waals surface area contributed by atoms with Gasteiger partial charge in [-0.2, -0.15) is 0 Å². The zero-order valence-electron chi connectivity index (χ0n) is 29.1. The van der Waals surface area contributed by atoms with Crippen LogP contribution < -0.4 is 10.1 Å². The molecule has 0 saturated carbocycles. The number of nitrogens with zero attached hydrogens (tertiary/aromatic N) is 5. The monoisotopic (exact) mass is 674 g/mol. The second kappa shape index (κ2) is 15.6. The Bertz CT molecular complexity index is 1490. The van der Waals surface area contributed by atoms with Crippen LogP contribution in [0.2, 0.25) is 0 Å². The van der Waals surface area contributed by atoms with Gasteiger partial charge in [0.2, 0.25) is 0 Å². The largest absolute Gasteiger partial charge is 0.436 e. The van der Waals surface area contributed by atoms with Gasteiger partial charge in [-0.15, -0.1) is 0 Å². The smallest absolute Gasteiger partial charge is 0.410 e. The minimum absolute atomic E-state index is 0.00967. The summed E-state index contributed by atoms with van der Waals surface area (Å²) in [7, 11) is 2.15. The lowest BCUT2D eigenvalue weighted by Crippen LogP contribution is -2.54. The number of urea groups is 1. The minimum Gasteiger partial charge on any atom is -0.436 e. The Morgan fingerprint density at radius 1 is 0.878 bits per heavy atom. The summed E-state index contributed by atoms with van der Waals surface area (Å²) < 4.78 is 11.3. The van der Waals surface area contributed by atoms with Gasteiger partial charge in [0.1, 0.15) is 5.75 Å². The zero-order chi connectivity index (χ0) is 34.5. The lowest BCUT2D eigenvalue weighted by molar-refractivity contribution is -0.142. The molecule has 264 valence electrons. The SMILES string of the molecule is Cc1cc(C[C@@H](OC(=O)N2CCC(N3CCc4ccccc4NC3=O)CC2)C(=O)N2CCC(N3CCN(C)CC3)CC2)cc(C)c1OC=O. The van der Waals surface area contributed by atoms with Crippen molar-refractivity contribution in [1.29, 1.82) is 0 Å². The highest BCUT2D eigenvalue weighted by molar-refractivity contribution is 5.91. The van der Waals surface area contributed by atoms with Crippen molar-refractivity contribution in [2.45, 2.75) is 70.6 Å². The highest BCUT2D eigenvalue weighted by Gasteiger charge is 2.36. The molecule has 12 nitrogen and oxygen atoms in total. The number of hydrogen-bond acceptors (Lipinski definition) is 8. The van der Waals surface area contributed by atoms with Crippen molar-refractivity contribution in [3.63, 3.8) is 0 Å². The molecule has 1 atom stereocenters. The van der Waals surface area contributed by atoms with E-state index in [4.69, 9.17) is 9.47 Å². The average Bonchev–Trinajstić information content (AvgIpc) is 3.27. The Morgan fingerprint density at radius 2 is 1.51 bits per heavy atom. The number of likely N-dealkylation sites (N-methyl/N-ethyl adjacent to an activating group) is 1. The molecule has 6 rings (SSSR count). The molecule has 4 amide bonds. The molecule has 2 aromatic carbocycles. The Balaban J connectivity index is 1.10. The first-order valence-corrected chi connectivity index (χ1v) is 17.7. The third kappa shape index (κ3) is 8.18. The Morgan fingerprint density at radius 3 is 2.18 bits per heavy atom. The Labute approximate surface area is 289 Å². The van der Waals surface area contributed by atoms with Crippen molar-refractivity contribution >= 4 is 30.2 Å².